The van der Waals surface area contributed by atoms with Crippen molar-refractivity contribution in [2.75, 3.05) is 12.4 Å². The summed E-state index contributed by atoms with van der Waals surface area (Å²) in [5, 5.41) is 4.59. The van der Waals surface area contributed by atoms with E-state index in [0.717, 1.165) is 6.08 Å². The van der Waals surface area contributed by atoms with Crippen LogP contribution in [-0.4, -0.2) is 28.1 Å². The van der Waals surface area contributed by atoms with E-state index in [1.165, 1.54) is 22.6 Å². The first-order chi connectivity index (χ1) is 8.56. The fourth-order valence-electron chi connectivity index (χ4n) is 1.27. The molecule has 0 atom stereocenters. The number of rotatable bonds is 6. The minimum Gasteiger partial charge on any atom is -0.462 e. The molecular formula is C11H14F2N2O2S. The van der Waals surface area contributed by atoms with E-state index in [9.17, 15) is 13.6 Å². The van der Waals surface area contributed by atoms with Crippen molar-refractivity contribution in [1.29, 1.82) is 0 Å². The topological polar surface area (TPSA) is 44.1 Å². The first-order valence-corrected chi connectivity index (χ1v) is 6.38. The third kappa shape index (κ3) is 4.14. The predicted octanol–water partition coefficient (Wildman–Crippen LogP) is 2.86. The average molecular weight is 276 g/mol. The van der Waals surface area contributed by atoms with Crippen molar-refractivity contribution < 1.29 is 18.3 Å². The van der Waals surface area contributed by atoms with E-state index in [2.05, 4.69) is 5.10 Å². The van der Waals surface area contributed by atoms with Gasteiger partial charge < -0.3 is 4.74 Å². The molecule has 1 aromatic heterocycles. The molecule has 0 aliphatic heterocycles. The minimum absolute atomic E-state index is 0.237. The van der Waals surface area contributed by atoms with Gasteiger partial charge in [0.05, 0.1) is 12.8 Å². The number of thioether (sulfide) groups is 1. The molecule has 18 heavy (non-hydrogen) atoms. The minimum atomic E-state index is -1.69. The first kappa shape index (κ1) is 14.7. The maximum atomic E-state index is 11.8. The molecule has 7 heteroatoms. The van der Waals surface area contributed by atoms with Crippen molar-refractivity contribution in [2.24, 2.45) is 7.05 Å². The standard InChI is InChI=1S/C11H14F2N2O2S/c1-3-17-11(16)8-7-14-15(2)10(8)18-6-4-5-9(12)13/h5,7H,3-4,6H2,1-2H3. The van der Waals surface area contributed by atoms with Gasteiger partial charge in [-0.1, -0.05) is 0 Å². The zero-order valence-electron chi connectivity index (χ0n) is 10.2. The zero-order chi connectivity index (χ0) is 13.5. The van der Waals surface area contributed by atoms with E-state index in [4.69, 9.17) is 4.74 Å². The molecule has 0 aliphatic rings. The van der Waals surface area contributed by atoms with Gasteiger partial charge in [-0.3, -0.25) is 4.68 Å². The van der Waals surface area contributed by atoms with E-state index in [0.29, 0.717) is 16.3 Å². The number of nitrogens with zero attached hydrogens (tertiary/aromatic N) is 2. The number of esters is 1. The van der Waals surface area contributed by atoms with Crippen molar-refractivity contribution in [3.05, 3.63) is 23.9 Å². The second-order valence-corrected chi connectivity index (χ2v) is 4.42. The highest BCUT2D eigenvalue weighted by Gasteiger charge is 2.17. The van der Waals surface area contributed by atoms with Crippen LogP contribution in [0.15, 0.2) is 23.4 Å². The summed E-state index contributed by atoms with van der Waals surface area (Å²) >= 11 is 1.30. The molecule has 0 saturated heterocycles. The Morgan fingerprint density at radius 1 is 1.61 bits per heavy atom. The molecule has 1 heterocycles. The van der Waals surface area contributed by atoms with E-state index in [-0.39, 0.29) is 13.0 Å². The molecule has 0 spiro atoms. The molecule has 0 radical (unpaired) electrons. The lowest BCUT2D eigenvalue weighted by Gasteiger charge is -2.04. The maximum Gasteiger partial charge on any atom is 0.342 e. The molecule has 100 valence electrons. The molecule has 0 aliphatic carbocycles. The van der Waals surface area contributed by atoms with Gasteiger partial charge in [0, 0.05) is 12.8 Å². The number of aryl methyl sites for hydroxylation is 1. The van der Waals surface area contributed by atoms with Crippen LogP contribution in [0.25, 0.3) is 0 Å². The summed E-state index contributed by atoms with van der Waals surface area (Å²) in [5.74, 6) is 0.00354. The molecule has 0 bridgehead atoms. The molecule has 0 N–H and O–H groups in total. The van der Waals surface area contributed by atoms with Crippen LogP contribution >= 0.6 is 11.8 Å². The normalized spacial score (nSPS) is 10.2. The third-order valence-electron chi connectivity index (χ3n) is 2.03. The van der Waals surface area contributed by atoms with Gasteiger partial charge in [-0.25, -0.2) is 4.79 Å². The van der Waals surface area contributed by atoms with E-state index < -0.39 is 12.0 Å². The van der Waals surface area contributed by atoms with Crippen LogP contribution in [0.2, 0.25) is 0 Å². The maximum absolute atomic E-state index is 11.8. The second kappa shape index (κ2) is 7.15. The van der Waals surface area contributed by atoms with E-state index >= 15 is 0 Å². The monoisotopic (exact) mass is 276 g/mol. The van der Waals surface area contributed by atoms with Gasteiger partial charge in [0.2, 0.25) is 0 Å². The van der Waals surface area contributed by atoms with Crippen molar-refractivity contribution >= 4 is 17.7 Å². The third-order valence-corrected chi connectivity index (χ3v) is 3.23. The largest absolute Gasteiger partial charge is 0.462 e. The number of carbonyl (C=O) groups excluding carboxylic acids is 1. The molecule has 4 nitrogen and oxygen atoms in total. The smallest absolute Gasteiger partial charge is 0.342 e. The lowest BCUT2D eigenvalue weighted by atomic mass is 10.4. The Hall–Kier alpha value is -1.37. The summed E-state index contributed by atoms with van der Waals surface area (Å²) in [6.45, 7) is 2.00. The summed E-state index contributed by atoms with van der Waals surface area (Å²) in [6.07, 6.45) is 0.825. The Kier molecular flexibility index (Phi) is 5.84. The van der Waals surface area contributed by atoms with E-state index in [1.54, 1.807) is 14.0 Å². The summed E-state index contributed by atoms with van der Waals surface area (Å²) in [4.78, 5) is 11.6. The van der Waals surface area contributed by atoms with Crippen molar-refractivity contribution in [3.8, 4) is 0 Å². The van der Waals surface area contributed by atoms with Crippen LogP contribution in [0.4, 0.5) is 8.78 Å². The molecular weight excluding hydrogens is 262 g/mol. The fraction of sp³-hybridized carbons (Fsp3) is 0.455. The van der Waals surface area contributed by atoms with Crippen LogP contribution in [0.1, 0.15) is 23.7 Å². The Bertz CT molecular complexity index is 442. The van der Waals surface area contributed by atoms with E-state index in [1.807, 2.05) is 0 Å². The number of hydrogen-bond donors (Lipinski definition) is 0. The van der Waals surface area contributed by atoms with Gasteiger partial charge >= 0.3 is 5.97 Å². The predicted molar refractivity (Wildman–Crippen MR) is 64.8 cm³/mol. The summed E-state index contributed by atoms with van der Waals surface area (Å²) in [7, 11) is 1.69. The average Bonchev–Trinajstić information content (AvgIpc) is 2.66. The number of carbonyl (C=O) groups is 1. The summed E-state index contributed by atoms with van der Waals surface area (Å²) < 4.78 is 30.1. The molecule has 0 unspecified atom stereocenters. The summed E-state index contributed by atoms with van der Waals surface area (Å²) in [6, 6.07) is 0. The molecule has 0 saturated carbocycles. The highest BCUT2D eigenvalue weighted by Crippen LogP contribution is 2.23. The van der Waals surface area contributed by atoms with Crippen molar-refractivity contribution in [1.82, 2.24) is 9.78 Å². The molecule has 0 aromatic carbocycles. The molecule has 0 fully saturated rings. The SMILES string of the molecule is CCOC(=O)c1cnn(C)c1SCCC=C(F)F. The highest BCUT2D eigenvalue weighted by atomic mass is 32.2. The summed E-state index contributed by atoms with van der Waals surface area (Å²) in [5.41, 5.74) is 0.369. The number of hydrogen-bond acceptors (Lipinski definition) is 4. The quantitative estimate of drug-likeness (QED) is 0.455. The number of ether oxygens (including phenoxy) is 1. The van der Waals surface area contributed by atoms with Gasteiger partial charge in [0.25, 0.3) is 6.08 Å². The van der Waals surface area contributed by atoms with Crippen molar-refractivity contribution in [2.45, 2.75) is 18.4 Å². The van der Waals surface area contributed by atoms with Crippen LogP contribution < -0.4 is 0 Å². The van der Waals surface area contributed by atoms with Crippen molar-refractivity contribution in [3.63, 3.8) is 0 Å². The lowest BCUT2D eigenvalue weighted by Crippen LogP contribution is -2.06. The number of halogens is 2. The molecule has 0 amide bonds. The zero-order valence-corrected chi connectivity index (χ0v) is 11.0. The Labute approximate surface area is 108 Å². The molecule has 1 aromatic rings. The first-order valence-electron chi connectivity index (χ1n) is 5.39. The highest BCUT2D eigenvalue weighted by molar-refractivity contribution is 7.99. The molecule has 1 rings (SSSR count). The van der Waals surface area contributed by atoms with Gasteiger partial charge in [-0.2, -0.15) is 13.9 Å². The van der Waals surface area contributed by atoms with Crippen LogP contribution in [-0.2, 0) is 11.8 Å². The lowest BCUT2D eigenvalue weighted by molar-refractivity contribution is 0.0522. The van der Waals surface area contributed by atoms with Crippen LogP contribution in [0.5, 0.6) is 0 Å². The number of allylic oxidation sites excluding steroid dienone is 1. The Morgan fingerprint density at radius 2 is 2.33 bits per heavy atom. The van der Waals surface area contributed by atoms with Gasteiger partial charge in [-0.05, 0) is 19.4 Å². The fourth-order valence-corrected chi connectivity index (χ4v) is 2.22. The van der Waals surface area contributed by atoms with Crippen LogP contribution in [0.3, 0.4) is 0 Å². The van der Waals surface area contributed by atoms with Crippen LogP contribution in [0, 0.1) is 0 Å². The van der Waals surface area contributed by atoms with Gasteiger partial charge in [-0.15, -0.1) is 11.8 Å². The Morgan fingerprint density at radius 3 is 2.94 bits per heavy atom. The number of aromatic nitrogens is 2. The van der Waals surface area contributed by atoms with Gasteiger partial charge in [0.15, 0.2) is 0 Å². The van der Waals surface area contributed by atoms with Gasteiger partial charge in [0.1, 0.15) is 10.6 Å². The Balaban J connectivity index is 2.66. The second-order valence-electron chi connectivity index (χ2n) is 3.34.